The summed E-state index contributed by atoms with van der Waals surface area (Å²) in [4.78, 5) is 13.1. The van der Waals surface area contributed by atoms with Crippen LogP contribution in [0.2, 0.25) is 0 Å². The summed E-state index contributed by atoms with van der Waals surface area (Å²) in [5, 5.41) is 9.37. The number of rotatable bonds is 6. The Hall–Kier alpha value is -2.60. The zero-order chi connectivity index (χ0) is 16.9. The number of hydrogen-bond donors (Lipinski definition) is 1. The lowest BCUT2D eigenvalue weighted by atomic mass is 10.2. The summed E-state index contributed by atoms with van der Waals surface area (Å²) in [6.07, 6.45) is 0. The van der Waals surface area contributed by atoms with E-state index in [9.17, 15) is 4.79 Å². The van der Waals surface area contributed by atoms with Gasteiger partial charge in [-0.1, -0.05) is 24.3 Å². The van der Waals surface area contributed by atoms with Gasteiger partial charge in [0.05, 0.1) is 17.1 Å². The zero-order valence-electron chi connectivity index (χ0n) is 13.7. The second kappa shape index (κ2) is 7.31. The molecule has 24 heavy (non-hydrogen) atoms. The molecular formula is C18H19N3O2S. The molecule has 1 N–H and O–H groups in total. The number of benzene rings is 1. The van der Waals surface area contributed by atoms with E-state index in [4.69, 9.17) is 4.74 Å². The quantitative estimate of drug-likeness (QED) is 0.749. The fraction of sp³-hybridized carbons (Fsp3) is 0.222. The second-order valence-electron chi connectivity index (χ2n) is 5.45. The van der Waals surface area contributed by atoms with Crippen LogP contribution in [0.25, 0.3) is 10.6 Å². The van der Waals surface area contributed by atoms with Gasteiger partial charge in [-0.2, -0.15) is 5.10 Å². The first-order valence-corrected chi connectivity index (χ1v) is 8.53. The fourth-order valence-corrected chi connectivity index (χ4v) is 3.00. The van der Waals surface area contributed by atoms with E-state index in [1.54, 1.807) is 16.0 Å². The number of nitrogens with zero attached hydrogens (tertiary/aromatic N) is 2. The predicted molar refractivity (Wildman–Crippen MR) is 95.0 cm³/mol. The molecule has 1 amide bonds. The summed E-state index contributed by atoms with van der Waals surface area (Å²) in [6, 6.07) is 13.7. The second-order valence-corrected chi connectivity index (χ2v) is 6.40. The monoisotopic (exact) mass is 341 g/mol. The van der Waals surface area contributed by atoms with Gasteiger partial charge in [0, 0.05) is 7.05 Å². The summed E-state index contributed by atoms with van der Waals surface area (Å²) in [5.41, 5.74) is 2.88. The van der Waals surface area contributed by atoms with Gasteiger partial charge in [-0.05, 0) is 36.1 Å². The summed E-state index contributed by atoms with van der Waals surface area (Å²) >= 11 is 1.65. The third-order valence-electron chi connectivity index (χ3n) is 3.67. The minimum atomic E-state index is -0.155. The van der Waals surface area contributed by atoms with Crippen molar-refractivity contribution in [3.8, 4) is 16.3 Å². The molecule has 0 saturated carbocycles. The zero-order valence-corrected chi connectivity index (χ0v) is 14.5. The van der Waals surface area contributed by atoms with E-state index in [-0.39, 0.29) is 12.5 Å². The number of aromatic nitrogens is 2. The Labute approximate surface area is 144 Å². The summed E-state index contributed by atoms with van der Waals surface area (Å²) in [5.74, 6) is 0.574. The smallest absolute Gasteiger partial charge is 0.258 e. The Bertz CT molecular complexity index is 825. The van der Waals surface area contributed by atoms with Crippen LogP contribution in [0.15, 0.2) is 47.8 Å². The van der Waals surface area contributed by atoms with Crippen LogP contribution in [-0.2, 0) is 18.4 Å². The lowest BCUT2D eigenvalue weighted by molar-refractivity contribution is -0.123. The van der Waals surface area contributed by atoms with Crippen LogP contribution < -0.4 is 10.1 Å². The third kappa shape index (κ3) is 3.83. The van der Waals surface area contributed by atoms with Crippen molar-refractivity contribution >= 4 is 17.2 Å². The first kappa shape index (κ1) is 16.3. The van der Waals surface area contributed by atoms with Crippen LogP contribution >= 0.6 is 11.3 Å². The van der Waals surface area contributed by atoms with Crippen molar-refractivity contribution < 1.29 is 9.53 Å². The van der Waals surface area contributed by atoms with E-state index >= 15 is 0 Å². The number of carbonyl (C=O) groups excluding carboxylic acids is 1. The third-order valence-corrected chi connectivity index (χ3v) is 4.56. The molecule has 3 rings (SSSR count). The molecule has 0 atom stereocenters. The normalized spacial score (nSPS) is 10.6. The number of nitrogens with one attached hydrogen (secondary N) is 1. The Morgan fingerprint density at radius 1 is 1.29 bits per heavy atom. The lowest BCUT2D eigenvalue weighted by Crippen LogP contribution is -2.29. The van der Waals surface area contributed by atoms with Gasteiger partial charge in [-0.25, -0.2) is 0 Å². The molecule has 0 unspecified atom stereocenters. The minimum Gasteiger partial charge on any atom is -0.484 e. The highest BCUT2D eigenvalue weighted by atomic mass is 32.1. The van der Waals surface area contributed by atoms with Crippen LogP contribution in [0.3, 0.4) is 0 Å². The average molecular weight is 341 g/mol. The maximum absolute atomic E-state index is 12.0. The van der Waals surface area contributed by atoms with E-state index in [2.05, 4.69) is 10.4 Å². The summed E-state index contributed by atoms with van der Waals surface area (Å²) in [6.45, 7) is 2.38. The van der Waals surface area contributed by atoms with Gasteiger partial charge in [0.2, 0.25) is 0 Å². The Balaban J connectivity index is 1.54. The molecular weight excluding hydrogens is 322 g/mol. The highest BCUT2D eigenvalue weighted by Crippen LogP contribution is 2.23. The van der Waals surface area contributed by atoms with E-state index in [0.29, 0.717) is 6.54 Å². The molecule has 0 aliphatic rings. The van der Waals surface area contributed by atoms with Crippen LogP contribution in [0.1, 0.15) is 11.3 Å². The number of carbonyl (C=O) groups is 1. The molecule has 0 aliphatic carbocycles. The number of aryl methyl sites for hydroxylation is 2. The fourth-order valence-electron chi connectivity index (χ4n) is 2.32. The molecule has 0 radical (unpaired) electrons. The molecule has 0 fully saturated rings. The molecule has 0 aliphatic heterocycles. The maximum atomic E-state index is 12.0. The van der Waals surface area contributed by atoms with E-state index in [1.807, 2.05) is 61.8 Å². The summed E-state index contributed by atoms with van der Waals surface area (Å²) in [7, 11) is 1.88. The van der Waals surface area contributed by atoms with Crippen molar-refractivity contribution in [1.82, 2.24) is 15.1 Å². The topological polar surface area (TPSA) is 56.1 Å². The van der Waals surface area contributed by atoms with E-state index in [1.165, 1.54) is 0 Å². The first-order chi connectivity index (χ1) is 11.6. The van der Waals surface area contributed by atoms with Gasteiger partial charge in [0.25, 0.3) is 5.91 Å². The van der Waals surface area contributed by atoms with Gasteiger partial charge in [-0.15, -0.1) is 11.3 Å². The van der Waals surface area contributed by atoms with Crippen LogP contribution in [0.4, 0.5) is 0 Å². The number of thiophene rings is 1. The van der Waals surface area contributed by atoms with Crippen molar-refractivity contribution in [2.75, 3.05) is 6.61 Å². The number of ether oxygens (including phenoxy) is 1. The van der Waals surface area contributed by atoms with Gasteiger partial charge in [0.15, 0.2) is 6.61 Å². The van der Waals surface area contributed by atoms with Gasteiger partial charge in [-0.3, -0.25) is 9.48 Å². The highest BCUT2D eigenvalue weighted by Gasteiger charge is 2.10. The van der Waals surface area contributed by atoms with E-state index in [0.717, 1.165) is 27.6 Å². The number of amides is 1. The molecule has 5 nitrogen and oxygen atoms in total. The molecule has 3 aromatic rings. The van der Waals surface area contributed by atoms with Crippen molar-refractivity contribution in [2.45, 2.75) is 13.5 Å². The molecule has 2 heterocycles. The standard InChI is InChI=1S/C18H19N3O2S/c1-13-6-3-4-7-16(13)23-12-18(22)19-11-14-10-15(20-21(14)2)17-8-5-9-24-17/h3-10H,11-12H2,1-2H3,(H,19,22). The van der Waals surface area contributed by atoms with Gasteiger partial charge < -0.3 is 10.1 Å². The average Bonchev–Trinajstić information content (AvgIpc) is 3.22. The van der Waals surface area contributed by atoms with Crippen molar-refractivity contribution in [1.29, 1.82) is 0 Å². The van der Waals surface area contributed by atoms with Crippen molar-refractivity contribution in [3.05, 3.63) is 59.1 Å². The maximum Gasteiger partial charge on any atom is 0.258 e. The van der Waals surface area contributed by atoms with Gasteiger partial charge >= 0.3 is 0 Å². The Morgan fingerprint density at radius 3 is 2.88 bits per heavy atom. The largest absolute Gasteiger partial charge is 0.484 e. The molecule has 0 saturated heterocycles. The lowest BCUT2D eigenvalue weighted by Gasteiger charge is -2.09. The highest BCUT2D eigenvalue weighted by molar-refractivity contribution is 7.13. The number of para-hydroxylation sites is 1. The van der Waals surface area contributed by atoms with Crippen molar-refractivity contribution in [2.24, 2.45) is 7.05 Å². The Kier molecular flexibility index (Phi) is 4.96. The van der Waals surface area contributed by atoms with Crippen LogP contribution in [-0.4, -0.2) is 22.3 Å². The minimum absolute atomic E-state index is 0.000483. The number of hydrogen-bond acceptors (Lipinski definition) is 4. The summed E-state index contributed by atoms with van der Waals surface area (Å²) < 4.78 is 7.34. The molecule has 6 heteroatoms. The predicted octanol–water partition coefficient (Wildman–Crippen LogP) is 3.15. The molecule has 2 aromatic heterocycles. The van der Waals surface area contributed by atoms with Crippen LogP contribution in [0.5, 0.6) is 5.75 Å². The van der Waals surface area contributed by atoms with Gasteiger partial charge in [0.1, 0.15) is 11.4 Å². The SMILES string of the molecule is Cc1ccccc1OCC(=O)NCc1cc(-c2cccs2)nn1C. The molecule has 124 valence electrons. The van der Waals surface area contributed by atoms with E-state index < -0.39 is 0 Å². The molecule has 0 bridgehead atoms. The molecule has 0 spiro atoms. The molecule has 1 aromatic carbocycles. The van der Waals surface area contributed by atoms with Crippen molar-refractivity contribution in [3.63, 3.8) is 0 Å². The Morgan fingerprint density at radius 2 is 2.12 bits per heavy atom. The van der Waals surface area contributed by atoms with Crippen LogP contribution in [0, 0.1) is 6.92 Å². The first-order valence-electron chi connectivity index (χ1n) is 7.65.